The van der Waals surface area contributed by atoms with E-state index in [9.17, 15) is 4.79 Å². The maximum Gasteiger partial charge on any atom is 0.253 e. The van der Waals surface area contributed by atoms with E-state index >= 15 is 0 Å². The van der Waals surface area contributed by atoms with E-state index in [1.807, 2.05) is 6.07 Å². The quantitative estimate of drug-likeness (QED) is 0.654. The summed E-state index contributed by atoms with van der Waals surface area (Å²) in [4.78, 5) is 19.2. The first-order valence-electron chi connectivity index (χ1n) is 10.6. The molecule has 3 rings (SSSR count). The third-order valence-electron chi connectivity index (χ3n) is 5.48. The first kappa shape index (κ1) is 20.2. The fraction of sp³-hybridized carbons (Fsp3) is 0.478. The van der Waals surface area contributed by atoms with Crippen LogP contribution in [0, 0.1) is 0 Å². The maximum absolute atomic E-state index is 12.6. The lowest BCUT2D eigenvalue weighted by Crippen LogP contribution is -2.34. The number of carbonyl (C=O) groups is 1. The van der Waals surface area contributed by atoms with Crippen LogP contribution in [-0.2, 0) is 0 Å². The minimum Gasteiger partial charge on any atom is -0.372 e. The van der Waals surface area contributed by atoms with Gasteiger partial charge >= 0.3 is 0 Å². The van der Waals surface area contributed by atoms with Crippen molar-refractivity contribution in [1.82, 2.24) is 10.3 Å². The first-order chi connectivity index (χ1) is 13.7. The molecule has 0 spiro atoms. The van der Waals surface area contributed by atoms with Gasteiger partial charge in [-0.1, -0.05) is 25.7 Å². The summed E-state index contributed by atoms with van der Waals surface area (Å²) >= 11 is 0. The number of hydrogen-bond donors (Lipinski definition) is 2. The lowest BCUT2D eigenvalue weighted by Gasteiger charge is -2.21. The van der Waals surface area contributed by atoms with E-state index in [0.29, 0.717) is 11.6 Å². The number of aromatic nitrogens is 1. The molecule has 1 aliphatic carbocycles. The van der Waals surface area contributed by atoms with Crippen molar-refractivity contribution in [1.29, 1.82) is 0 Å². The zero-order valence-corrected chi connectivity index (χ0v) is 17.1. The Balaban J connectivity index is 1.63. The summed E-state index contributed by atoms with van der Waals surface area (Å²) in [6, 6.07) is 10.5. The Morgan fingerprint density at radius 1 is 1.00 bits per heavy atom. The molecule has 1 aromatic heterocycles. The second-order valence-corrected chi connectivity index (χ2v) is 7.47. The van der Waals surface area contributed by atoms with Gasteiger partial charge in [-0.25, -0.2) is 0 Å². The Kier molecular flexibility index (Phi) is 7.29. The van der Waals surface area contributed by atoms with E-state index < -0.39 is 0 Å². The average Bonchev–Trinajstić information content (AvgIpc) is 2.99. The molecule has 28 heavy (non-hydrogen) atoms. The predicted octanol–water partition coefficient (Wildman–Crippen LogP) is 5.12. The Bertz CT molecular complexity index is 747. The van der Waals surface area contributed by atoms with Crippen molar-refractivity contribution >= 4 is 23.0 Å². The zero-order valence-electron chi connectivity index (χ0n) is 17.1. The Morgan fingerprint density at radius 2 is 1.68 bits per heavy atom. The molecule has 5 heteroatoms. The largest absolute Gasteiger partial charge is 0.372 e. The molecule has 1 aromatic carbocycles. The molecule has 150 valence electrons. The number of benzene rings is 1. The molecular weight excluding hydrogens is 348 g/mol. The van der Waals surface area contributed by atoms with Crippen LogP contribution in [0.15, 0.2) is 42.7 Å². The predicted molar refractivity (Wildman–Crippen MR) is 116 cm³/mol. The number of amides is 1. The van der Waals surface area contributed by atoms with Crippen molar-refractivity contribution in [2.75, 3.05) is 23.3 Å². The van der Waals surface area contributed by atoms with Crippen LogP contribution < -0.4 is 15.5 Å². The molecule has 0 atom stereocenters. The molecule has 1 saturated carbocycles. The van der Waals surface area contributed by atoms with Crippen LogP contribution in [0.5, 0.6) is 0 Å². The summed E-state index contributed by atoms with van der Waals surface area (Å²) in [5.74, 6) is -0.0278. The summed E-state index contributed by atoms with van der Waals surface area (Å²) < 4.78 is 0. The van der Waals surface area contributed by atoms with Crippen molar-refractivity contribution in [3.05, 3.63) is 48.3 Å². The number of anilines is 3. The number of hydrogen-bond acceptors (Lipinski definition) is 4. The van der Waals surface area contributed by atoms with E-state index in [0.717, 1.165) is 37.3 Å². The smallest absolute Gasteiger partial charge is 0.253 e. The fourth-order valence-corrected chi connectivity index (χ4v) is 3.84. The minimum absolute atomic E-state index is 0.0278. The number of pyridine rings is 1. The zero-order chi connectivity index (χ0) is 19.8. The number of rotatable bonds is 7. The lowest BCUT2D eigenvalue weighted by molar-refractivity contribution is 0.0933. The highest BCUT2D eigenvalue weighted by molar-refractivity contribution is 5.95. The van der Waals surface area contributed by atoms with Gasteiger partial charge in [-0.2, -0.15) is 0 Å². The maximum atomic E-state index is 12.6. The van der Waals surface area contributed by atoms with Crippen molar-refractivity contribution < 1.29 is 4.79 Å². The van der Waals surface area contributed by atoms with Crippen molar-refractivity contribution in [3.8, 4) is 0 Å². The molecule has 2 aromatic rings. The molecule has 0 saturated heterocycles. The second kappa shape index (κ2) is 10.1. The van der Waals surface area contributed by atoms with Gasteiger partial charge in [-0.3, -0.25) is 9.78 Å². The van der Waals surface area contributed by atoms with E-state index in [4.69, 9.17) is 0 Å². The van der Waals surface area contributed by atoms with Gasteiger partial charge in [-0.15, -0.1) is 0 Å². The van der Waals surface area contributed by atoms with Gasteiger partial charge in [0.25, 0.3) is 5.91 Å². The standard InChI is InChI=1S/C23H32N4O/c1-3-27(4-2)22-13-11-20(12-14-22)25-21-15-18(16-24-17-21)23(28)26-19-9-7-5-6-8-10-19/h11-17,19,25H,3-10H2,1-2H3,(H,26,28). The molecule has 1 heterocycles. The molecule has 0 unspecified atom stereocenters. The summed E-state index contributed by atoms with van der Waals surface area (Å²) in [7, 11) is 0. The van der Waals surface area contributed by atoms with Gasteiger partial charge in [0.2, 0.25) is 0 Å². The molecule has 1 amide bonds. The summed E-state index contributed by atoms with van der Waals surface area (Å²) in [5, 5.41) is 6.54. The molecule has 2 N–H and O–H groups in total. The fourth-order valence-electron chi connectivity index (χ4n) is 3.84. The Hall–Kier alpha value is -2.56. The minimum atomic E-state index is -0.0278. The Morgan fingerprint density at radius 3 is 2.32 bits per heavy atom. The topological polar surface area (TPSA) is 57.3 Å². The number of nitrogens with zero attached hydrogens (tertiary/aromatic N) is 2. The molecule has 0 radical (unpaired) electrons. The summed E-state index contributed by atoms with van der Waals surface area (Å²) in [6.45, 7) is 6.30. The van der Waals surface area contributed by atoms with Crippen LogP contribution in [0.25, 0.3) is 0 Å². The molecule has 0 aliphatic heterocycles. The van der Waals surface area contributed by atoms with E-state index in [1.54, 1.807) is 12.4 Å². The average molecular weight is 381 g/mol. The van der Waals surface area contributed by atoms with Crippen LogP contribution in [-0.4, -0.2) is 30.0 Å². The van der Waals surface area contributed by atoms with Gasteiger partial charge in [0.05, 0.1) is 17.4 Å². The van der Waals surface area contributed by atoms with Crippen LogP contribution >= 0.6 is 0 Å². The monoisotopic (exact) mass is 380 g/mol. The third kappa shape index (κ3) is 5.47. The SMILES string of the molecule is CCN(CC)c1ccc(Nc2cncc(C(=O)NC3CCCCCC3)c2)cc1. The second-order valence-electron chi connectivity index (χ2n) is 7.47. The molecular formula is C23H32N4O. The third-order valence-corrected chi connectivity index (χ3v) is 5.48. The number of carbonyl (C=O) groups excluding carboxylic acids is 1. The van der Waals surface area contributed by atoms with Crippen molar-refractivity contribution in [3.63, 3.8) is 0 Å². The van der Waals surface area contributed by atoms with Crippen molar-refractivity contribution in [2.24, 2.45) is 0 Å². The molecule has 5 nitrogen and oxygen atoms in total. The summed E-state index contributed by atoms with van der Waals surface area (Å²) in [5.41, 5.74) is 3.63. The van der Waals surface area contributed by atoms with Gasteiger partial charge < -0.3 is 15.5 Å². The van der Waals surface area contributed by atoms with Crippen LogP contribution in [0.4, 0.5) is 17.1 Å². The molecule has 1 aliphatic rings. The highest BCUT2D eigenvalue weighted by Crippen LogP contribution is 2.22. The van der Waals surface area contributed by atoms with Gasteiger partial charge in [-0.05, 0) is 57.0 Å². The Labute approximate surface area is 168 Å². The number of nitrogens with one attached hydrogen (secondary N) is 2. The van der Waals surface area contributed by atoms with Crippen molar-refractivity contribution in [2.45, 2.75) is 58.4 Å². The van der Waals surface area contributed by atoms with Crippen LogP contribution in [0.2, 0.25) is 0 Å². The van der Waals surface area contributed by atoms with E-state index in [1.165, 1.54) is 31.4 Å². The van der Waals surface area contributed by atoms with Crippen LogP contribution in [0.1, 0.15) is 62.7 Å². The first-order valence-corrected chi connectivity index (χ1v) is 10.6. The van der Waals surface area contributed by atoms with E-state index in [-0.39, 0.29) is 5.91 Å². The lowest BCUT2D eigenvalue weighted by atomic mass is 10.1. The van der Waals surface area contributed by atoms with Crippen LogP contribution in [0.3, 0.4) is 0 Å². The highest BCUT2D eigenvalue weighted by Gasteiger charge is 2.16. The molecule has 1 fully saturated rings. The highest BCUT2D eigenvalue weighted by atomic mass is 16.1. The normalized spacial score (nSPS) is 14.9. The summed E-state index contributed by atoms with van der Waals surface area (Å²) in [6.07, 6.45) is 10.5. The molecule has 0 bridgehead atoms. The van der Waals surface area contributed by atoms with Gasteiger partial charge in [0.1, 0.15) is 0 Å². The van der Waals surface area contributed by atoms with Gasteiger partial charge in [0, 0.05) is 36.7 Å². The van der Waals surface area contributed by atoms with E-state index in [2.05, 4.69) is 58.6 Å². The van der Waals surface area contributed by atoms with Gasteiger partial charge in [0.15, 0.2) is 0 Å².